The molecule has 0 unspecified atom stereocenters. The van der Waals surface area contributed by atoms with Gasteiger partial charge in [0.25, 0.3) is 0 Å². The molecule has 0 amide bonds. The molecule has 0 N–H and O–H groups in total. The molecule has 0 atom stereocenters. The normalized spacial score (nSPS) is 11.7. The van der Waals surface area contributed by atoms with Gasteiger partial charge in [-0.2, -0.15) is 0 Å². The highest BCUT2D eigenvalue weighted by atomic mass is 32.1. The predicted octanol–water partition coefficient (Wildman–Crippen LogP) is 13.9. The summed E-state index contributed by atoms with van der Waals surface area (Å²) in [6, 6.07) is 63.3. The summed E-state index contributed by atoms with van der Waals surface area (Å²) in [5, 5.41) is 7.05. The number of nitrogens with zero attached hydrogens (tertiary/aromatic N) is 1. The molecule has 0 spiro atoms. The lowest BCUT2D eigenvalue weighted by molar-refractivity contribution is 0.672. The van der Waals surface area contributed by atoms with Gasteiger partial charge in [0.05, 0.1) is 16.8 Å². The average molecular weight is 644 g/mol. The maximum atomic E-state index is 6.71. The summed E-state index contributed by atoms with van der Waals surface area (Å²) in [5.74, 6) is 0. The van der Waals surface area contributed by atoms with Crippen LogP contribution in [-0.4, -0.2) is 0 Å². The zero-order valence-electron chi connectivity index (χ0n) is 26.5. The summed E-state index contributed by atoms with van der Waals surface area (Å²) in [7, 11) is 0. The summed E-state index contributed by atoms with van der Waals surface area (Å²) in [4.78, 5) is 2.44. The SMILES string of the molecule is c1ccc(-c2ccc(N(c3ccc4sc5ccccc5c4c3)c3cccc4oc5c6ccccc6ccc5c34)c(-c3ccccc3)c2)cc1. The van der Waals surface area contributed by atoms with Gasteiger partial charge in [-0.1, -0.05) is 121 Å². The van der Waals surface area contributed by atoms with Crippen LogP contribution in [0.1, 0.15) is 0 Å². The molecule has 10 rings (SSSR count). The number of thiophene rings is 1. The van der Waals surface area contributed by atoms with E-state index < -0.39 is 0 Å². The molecule has 2 heterocycles. The van der Waals surface area contributed by atoms with Crippen molar-refractivity contribution >= 4 is 81.3 Å². The van der Waals surface area contributed by atoms with Gasteiger partial charge in [-0.15, -0.1) is 11.3 Å². The Hall–Kier alpha value is -6.16. The van der Waals surface area contributed by atoms with Crippen molar-refractivity contribution in [1.29, 1.82) is 0 Å². The number of anilines is 3. The molecule has 3 heteroatoms. The Labute approximate surface area is 287 Å². The first-order chi connectivity index (χ1) is 24.3. The molecule has 0 fully saturated rings. The second-order valence-electron chi connectivity index (χ2n) is 12.5. The first-order valence-electron chi connectivity index (χ1n) is 16.6. The maximum Gasteiger partial charge on any atom is 0.143 e. The number of hydrogen-bond acceptors (Lipinski definition) is 3. The minimum atomic E-state index is 0.873. The average Bonchev–Trinajstić information content (AvgIpc) is 3.75. The minimum absolute atomic E-state index is 0.873. The van der Waals surface area contributed by atoms with Crippen LogP contribution >= 0.6 is 11.3 Å². The fourth-order valence-corrected chi connectivity index (χ4v) is 8.46. The van der Waals surface area contributed by atoms with Gasteiger partial charge in [0.2, 0.25) is 0 Å². The van der Waals surface area contributed by atoms with Gasteiger partial charge in [-0.05, 0) is 76.7 Å². The van der Waals surface area contributed by atoms with Crippen molar-refractivity contribution in [3.8, 4) is 22.3 Å². The molecule has 10 aromatic rings. The molecular formula is C46H29NOS. The molecular weight excluding hydrogens is 615 g/mol. The smallest absolute Gasteiger partial charge is 0.143 e. The molecule has 2 nitrogen and oxygen atoms in total. The summed E-state index contributed by atoms with van der Waals surface area (Å²) >= 11 is 1.85. The molecule has 0 saturated carbocycles. The van der Waals surface area contributed by atoms with Gasteiger partial charge >= 0.3 is 0 Å². The van der Waals surface area contributed by atoms with Gasteiger partial charge in [0.15, 0.2) is 0 Å². The van der Waals surface area contributed by atoms with Crippen molar-refractivity contribution in [2.75, 3.05) is 4.90 Å². The number of rotatable bonds is 5. The van der Waals surface area contributed by atoms with E-state index in [1.165, 1.54) is 36.7 Å². The van der Waals surface area contributed by atoms with E-state index in [2.05, 4.69) is 181 Å². The van der Waals surface area contributed by atoms with Crippen LogP contribution in [0, 0.1) is 0 Å². The van der Waals surface area contributed by atoms with Gasteiger partial charge in [-0.25, -0.2) is 0 Å². The fourth-order valence-electron chi connectivity index (χ4n) is 7.37. The second-order valence-corrected chi connectivity index (χ2v) is 13.6. The zero-order chi connectivity index (χ0) is 32.3. The monoisotopic (exact) mass is 643 g/mol. The van der Waals surface area contributed by atoms with E-state index in [1.807, 2.05) is 11.3 Å². The topological polar surface area (TPSA) is 16.4 Å². The van der Waals surface area contributed by atoms with Gasteiger partial charge in [0, 0.05) is 42.2 Å². The zero-order valence-corrected chi connectivity index (χ0v) is 27.3. The third kappa shape index (κ3) is 4.55. The van der Waals surface area contributed by atoms with Crippen LogP contribution < -0.4 is 4.90 Å². The third-order valence-electron chi connectivity index (χ3n) is 9.65. The van der Waals surface area contributed by atoms with E-state index in [9.17, 15) is 0 Å². The number of furan rings is 1. The Kier molecular flexibility index (Phi) is 6.39. The first-order valence-corrected chi connectivity index (χ1v) is 17.4. The van der Waals surface area contributed by atoms with Crippen molar-refractivity contribution in [2.24, 2.45) is 0 Å². The van der Waals surface area contributed by atoms with Crippen LogP contribution in [0.15, 0.2) is 180 Å². The molecule has 2 aromatic heterocycles. The molecule has 8 aromatic carbocycles. The Morgan fingerprint density at radius 3 is 2.02 bits per heavy atom. The number of fused-ring (bicyclic) bond motifs is 8. The standard InChI is InChI=1S/C46H29NOS/c1-3-12-30(13-4-1)33-23-26-40(38(28-33)31-14-5-2-6-15-31)47(34-24-27-44-39(29-34)36-18-9-10-21-43(36)49-44)41-19-11-20-42-45(41)37-25-22-32-16-7-8-17-35(32)46(37)48-42/h1-29H. The Morgan fingerprint density at radius 1 is 0.429 bits per heavy atom. The minimum Gasteiger partial charge on any atom is -0.455 e. The van der Waals surface area contributed by atoms with Crippen LogP contribution in [0.5, 0.6) is 0 Å². The lowest BCUT2D eigenvalue weighted by Crippen LogP contribution is -2.11. The quantitative estimate of drug-likeness (QED) is 0.186. The van der Waals surface area contributed by atoms with Crippen molar-refractivity contribution in [1.82, 2.24) is 0 Å². The molecule has 0 aliphatic rings. The van der Waals surface area contributed by atoms with Crippen molar-refractivity contribution in [3.63, 3.8) is 0 Å². The van der Waals surface area contributed by atoms with Gasteiger partial charge in [0.1, 0.15) is 11.2 Å². The van der Waals surface area contributed by atoms with E-state index in [0.29, 0.717) is 0 Å². The van der Waals surface area contributed by atoms with Crippen LogP contribution in [0.4, 0.5) is 17.1 Å². The van der Waals surface area contributed by atoms with Crippen molar-refractivity contribution in [3.05, 3.63) is 176 Å². The molecule has 0 aliphatic carbocycles. The highest BCUT2D eigenvalue weighted by molar-refractivity contribution is 7.25. The fraction of sp³-hybridized carbons (Fsp3) is 0. The van der Waals surface area contributed by atoms with E-state index >= 15 is 0 Å². The molecule has 0 bridgehead atoms. The largest absolute Gasteiger partial charge is 0.455 e. The Balaban J connectivity index is 1.30. The second kappa shape index (κ2) is 11.2. The molecule has 0 aliphatic heterocycles. The van der Waals surface area contributed by atoms with E-state index in [4.69, 9.17) is 4.42 Å². The van der Waals surface area contributed by atoms with Gasteiger partial charge in [-0.3, -0.25) is 0 Å². The number of hydrogen-bond donors (Lipinski definition) is 0. The predicted molar refractivity (Wildman–Crippen MR) is 210 cm³/mol. The third-order valence-corrected chi connectivity index (χ3v) is 10.8. The van der Waals surface area contributed by atoms with Crippen LogP contribution in [0.25, 0.3) is 75.1 Å². The Morgan fingerprint density at radius 2 is 1.16 bits per heavy atom. The Bertz CT molecular complexity index is 2830. The van der Waals surface area contributed by atoms with Crippen molar-refractivity contribution in [2.45, 2.75) is 0 Å². The highest BCUT2D eigenvalue weighted by Crippen LogP contribution is 2.48. The lowest BCUT2D eigenvalue weighted by Gasteiger charge is -2.29. The van der Waals surface area contributed by atoms with Crippen LogP contribution in [0.2, 0.25) is 0 Å². The highest BCUT2D eigenvalue weighted by Gasteiger charge is 2.23. The summed E-state index contributed by atoms with van der Waals surface area (Å²) < 4.78 is 9.29. The summed E-state index contributed by atoms with van der Waals surface area (Å²) in [6.07, 6.45) is 0. The summed E-state index contributed by atoms with van der Waals surface area (Å²) in [6.45, 7) is 0. The molecule has 230 valence electrons. The molecule has 49 heavy (non-hydrogen) atoms. The van der Waals surface area contributed by atoms with E-state index in [-0.39, 0.29) is 0 Å². The lowest BCUT2D eigenvalue weighted by atomic mass is 9.95. The van der Waals surface area contributed by atoms with Crippen LogP contribution in [0.3, 0.4) is 0 Å². The molecule has 0 saturated heterocycles. The van der Waals surface area contributed by atoms with Crippen molar-refractivity contribution < 1.29 is 4.42 Å². The van der Waals surface area contributed by atoms with Gasteiger partial charge < -0.3 is 9.32 Å². The van der Waals surface area contributed by atoms with E-state index in [1.54, 1.807) is 0 Å². The first kappa shape index (κ1) is 27.9. The number of benzene rings is 8. The van der Waals surface area contributed by atoms with Crippen LogP contribution in [-0.2, 0) is 0 Å². The molecule has 0 radical (unpaired) electrons. The maximum absolute atomic E-state index is 6.71. The summed E-state index contributed by atoms with van der Waals surface area (Å²) in [5.41, 5.74) is 9.77. The van der Waals surface area contributed by atoms with E-state index in [0.717, 1.165) is 55.5 Å².